The number of amides is 2. The van der Waals surface area contributed by atoms with Crippen LogP contribution < -0.4 is 4.74 Å². The van der Waals surface area contributed by atoms with Gasteiger partial charge in [0.25, 0.3) is 0 Å². The maximum absolute atomic E-state index is 11.9. The lowest BCUT2D eigenvalue weighted by Crippen LogP contribution is -2.42. The first-order valence-electron chi connectivity index (χ1n) is 6.45. The minimum Gasteiger partial charge on any atom is -0.495 e. The molecule has 2 rings (SSSR count). The second-order valence-corrected chi connectivity index (χ2v) is 5.03. The van der Waals surface area contributed by atoms with Crippen LogP contribution in [0.3, 0.4) is 0 Å². The fourth-order valence-corrected chi connectivity index (χ4v) is 2.33. The quantitative estimate of drug-likeness (QED) is 0.787. The molecule has 0 N–H and O–H groups in total. The largest absolute Gasteiger partial charge is 0.495 e. The van der Waals surface area contributed by atoms with Crippen LogP contribution in [0.5, 0.6) is 5.75 Å². The minimum atomic E-state index is -0.150. The summed E-state index contributed by atoms with van der Waals surface area (Å²) in [7, 11) is 1.49. The monoisotopic (exact) mass is 272 g/mol. The van der Waals surface area contributed by atoms with Gasteiger partial charge in [0.05, 0.1) is 19.2 Å². The predicted molar refractivity (Wildman–Crippen MR) is 71.7 cm³/mol. The van der Waals surface area contributed by atoms with Gasteiger partial charge in [0.2, 0.25) is 11.8 Å². The zero-order valence-corrected chi connectivity index (χ0v) is 11.5. The lowest BCUT2D eigenvalue weighted by Gasteiger charge is -2.28. The van der Waals surface area contributed by atoms with E-state index < -0.39 is 0 Å². The Morgan fingerprint density at radius 2 is 2.00 bits per heavy atom. The molecular weight excluding hydrogens is 256 g/mol. The average molecular weight is 272 g/mol. The smallest absolute Gasteiger partial charge is 0.229 e. The van der Waals surface area contributed by atoms with Gasteiger partial charge in [-0.05, 0) is 23.6 Å². The number of nitrogens with zero attached hydrogens (tertiary/aromatic N) is 2. The van der Waals surface area contributed by atoms with Gasteiger partial charge in [-0.15, -0.1) is 0 Å². The SMILES string of the molecule is COc1ccc(CN2C(=O)CC(C)CC2=O)cc1C#N. The maximum Gasteiger partial charge on any atom is 0.229 e. The summed E-state index contributed by atoms with van der Waals surface area (Å²) in [5.74, 6) is 0.295. The molecule has 5 nitrogen and oxygen atoms in total. The topological polar surface area (TPSA) is 70.4 Å². The molecule has 1 aromatic carbocycles. The summed E-state index contributed by atoms with van der Waals surface area (Å²) in [6.07, 6.45) is 0.792. The molecule has 0 unspecified atom stereocenters. The number of rotatable bonds is 3. The second-order valence-electron chi connectivity index (χ2n) is 5.03. The van der Waals surface area contributed by atoms with Gasteiger partial charge in [0, 0.05) is 12.8 Å². The first-order valence-corrected chi connectivity index (χ1v) is 6.45. The highest BCUT2D eigenvalue weighted by atomic mass is 16.5. The molecule has 1 saturated heterocycles. The van der Waals surface area contributed by atoms with Crippen molar-refractivity contribution in [1.29, 1.82) is 5.26 Å². The fraction of sp³-hybridized carbons (Fsp3) is 0.400. The van der Waals surface area contributed by atoms with Gasteiger partial charge in [-0.2, -0.15) is 5.26 Å². The molecule has 20 heavy (non-hydrogen) atoms. The van der Waals surface area contributed by atoms with E-state index in [2.05, 4.69) is 0 Å². The van der Waals surface area contributed by atoms with Crippen molar-refractivity contribution in [2.24, 2.45) is 5.92 Å². The van der Waals surface area contributed by atoms with Crippen LogP contribution in [0.2, 0.25) is 0 Å². The number of methoxy groups -OCH3 is 1. The van der Waals surface area contributed by atoms with Gasteiger partial charge in [0.15, 0.2) is 0 Å². The highest BCUT2D eigenvalue weighted by Crippen LogP contribution is 2.23. The third-order valence-electron chi connectivity index (χ3n) is 3.37. The maximum atomic E-state index is 11.9. The molecule has 1 heterocycles. The Morgan fingerprint density at radius 3 is 2.55 bits per heavy atom. The number of benzene rings is 1. The summed E-state index contributed by atoms with van der Waals surface area (Å²) in [4.78, 5) is 25.1. The standard InChI is InChI=1S/C15H16N2O3/c1-10-5-14(18)17(15(19)6-10)9-11-3-4-13(20-2)12(7-11)8-16/h3-4,7,10H,5-6,9H2,1-2H3. The number of carbonyl (C=O) groups is 2. The lowest BCUT2D eigenvalue weighted by molar-refractivity contribution is -0.150. The normalized spacial score (nSPS) is 16.1. The lowest BCUT2D eigenvalue weighted by atomic mass is 9.97. The third kappa shape index (κ3) is 2.80. The van der Waals surface area contributed by atoms with Gasteiger partial charge in [-0.3, -0.25) is 14.5 Å². The van der Waals surface area contributed by atoms with Crippen LogP contribution in [0, 0.1) is 17.2 Å². The Labute approximate surface area is 117 Å². The number of hydrogen-bond acceptors (Lipinski definition) is 4. The summed E-state index contributed by atoms with van der Waals surface area (Å²) >= 11 is 0. The molecule has 1 fully saturated rings. The predicted octanol–water partition coefficient (Wildman–Crippen LogP) is 1.85. The number of carbonyl (C=O) groups excluding carboxylic acids is 2. The number of likely N-dealkylation sites (tertiary alicyclic amines) is 1. The van der Waals surface area contributed by atoms with Crippen LogP contribution in [0.1, 0.15) is 30.9 Å². The molecule has 1 aromatic rings. The van der Waals surface area contributed by atoms with E-state index in [1.165, 1.54) is 12.0 Å². The Bertz CT molecular complexity index is 571. The molecule has 0 radical (unpaired) electrons. The molecule has 0 bridgehead atoms. The van der Waals surface area contributed by atoms with Crippen molar-refractivity contribution in [3.8, 4) is 11.8 Å². The molecule has 2 amide bonds. The van der Waals surface area contributed by atoms with E-state index in [4.69, 9.17) is 10.00 Å². The molecule has 1 aliphatic heterocycles. The highest BCUT2D eigenvalue weighted by Gasteiger charge is 2.30. The number of hydrogen-bond donors (Lipinski definition) is 0. The Balaban J connectivity index is 2.20. The highest BCUT2D eigenvalue weighted by molar-refractivity contribution is 5.97. The zero-order valence-electron chi connectivity index (χ0n) is 11.5. The Kier molecular flexibility index (Phi) is 4.04. The molecule has 1 aliphatic rings. The van der Waals surface area contributed by atoms with Crippen molar-refractivity contribution in [3.05, 3.63) is 29.3 Å². The average Bonchev–Trinajstić information content (AvgIpc) is 2.42. The summed E-state index contributed by atoms with van der Waals surface area (Å²) < 4.78 is 5.07. The first kappa shape index (κ1) is 14.1. The van der Waals surface area contributed by atoms with Crippen LogP contribution in [0.4, 0.5) is 0 Å². The molecular formula is C15H16N2O3. The second kappa shape index (κ2) is 5.74. The van der Waals surface area contributed by atoms with E-state index in [0.717, 1.165) is 5.56 Å². The van der Waals surface area contributed by atoms with Gasteiger partial charge < -0.3 is 4.74 Å². The van der Waals surface area contributed by atoms with Gasteiger partial charge >= 0.3 is 0 Å². The molecule has 5 heteroatoms. The number of imide groups is 1. The number of nitriles is 1. The Morgan fingerprint density at radius 1 is 1.35 bits per heavy atom. The van der Waals surface area contributed by atoms with Crippen LogP contribution in [-0.4, -0.2) is 23.8 Å². The van der Waals surface area contributed by atoms with Crippen molar-refractivity contribution in [3.63, 3.8) is 0 Å². The van der Waals surface area contributed by atoms with Gasteiger partial charge in [-0.1, -0.05) is 13.0 Å². The summed E-state index contributed by atoms with van der Waals surface area (Å²) in [6, 6.07) is 7.13. The zero-order chi connectivity index (χ0) is 14.7. The number of piperidine rings is 1. The van der Waals surface area contributed by atoms with Crippen LogP contribution in [-0.2, 0) is 16.1 Å². The summed E-state index contributed by atoms with van der Waals surface area (Å²) in [5, 5.41) is 9.04. The minimum absolute atomic E-state index is 0.108. The molecule has 0 spiro atoms. The molecule has 104 valence electrons. The van der Waals surface area contributed by atoms with Crippen molar-refractivity contribution < 1.29 is 14.3 Å². The van der Waals surface area contributed by atoms with Gasteiger partial charge in [-0.25, -0.2) is 0 Å². The van der Waals surface area contributed by atoms with Crippen molar-refractivity contribution in [2.45, 2.75) is 26.3 Å². The van der Waals surface area contributed by atoms with E-state index in [-0.39, 0.29) is 24.3 Å². The van der Waals surface area contributed by atoms with Crippen LogP contribution in [0.25, 0.3) is 0 Å². The molecule has 0 atom stereocenters. The summed E-state index contributed by atoms with van der Waals surface area (Å²) in [5.41, 5.74) is 1.15. The first-order chi connectivity index (χ1) is 9.55. The van der Waals surface area contributed by atoms with E-state index in [1.54, 1.807) is 18.2 Å². The van der Waals surface area contributed by atoms with Crippen molar-refractivity contribution in [2.75, 3.05) is 7.11 Å². The van der Waals surface area contributed by atoms with Crippen molar-refractivity contribution in [1.82, 2.24) is 4.90 Å². The molecule has 0 saturated carbocycles. The summed E-state index contributed by atoms with van der Waals surface area (Å²) in [6.45, 7) is 2.11. The fourth-order valence-electron chi connectivity index (χ4n) is 2.33. The van der Waals surface area contributed by atoms with E-state index in [1.807, 2.05) is 13.0 Å². The molecule has 0 aromatic heterocycles. The van der Waals surface area contributed by atoms with Crippen molar-refractivity contribution >= 4 is 11.8 Å². The van der Waals surface area contributed by atoms with Crippen LogP contribution in [0.15, 0.2) is 18.2 Å². The van der Waals surface area contributed by atoms with Gasteiger partial charge in [0.1, 0.15) is 11.8 Å². The van der Waals surface area contributed by atoms with E-state index in [9.17, 15) is 9.59 Å². The van der Waals surface area contributed by atoms with Crippen LogP contribution >= 0.6 is 0 Å². The number of ether oxygens (including phenoxy) is 1. The third-order valence-corrected chi connectivity index (χ3v) is 3.37. The van der Waals surface area contributed by atoms with E-state index >= 15 is 0 Å². The Hall–Kier alpha value is -2.35. The van der Waals surface area contributed by atoms with E-state index in [0.29, 0.717) is 24.2 Å². The molecule has 0 aliphatic carbocycles.